The van der Waals surface area contributed by atoms with Gasteiger partial charge in [-0.05, 0) is 5.92 Å². The first-order chi connectivity index (χ1) is 6.66. The molecule has 0 aliphatic carbocycles. The van der Waals surface area contributed by atoms with Gasteiger partial charge in [0.05, 0.1) is 6.04 Å². The van der Waals surface area contributed by atoms with Gasteiger partial charge in [-0.25, -0.2) is 5.43 Å². The molecule has 0 aliphatic heterocycles. The van der Waals surface area contributed by atoms with Gasteiger partial charge in [-0.3, -0.25) is 10.6 Å². The van der Waals surface area contributed by atoms with Crippen LogP contribution < -0.4 is 11.3 Å². The lowest BCUT2D eigenvalue weighted by molar-refractivity contribution is 0.0917. The molecule has 0 aromatic heterocycles. The van der Waals surface area contributed by atoms with Crippen LogP contribution in [0.4, 0.5) is 0 Å². The van der Waals surface area contributed by atoms with Crippen LogP contribution in [0.1, 0.15) is 24.2 Å². The first-order valence-corrected chi connectivity index (χ1v) is 4.72. The van der Waals surface area contributed by atoms with Crippen molar-refractivity contribution in [1.29, 1.82) is 0 Å². The van der Waals surface area contributed by atoms with E-state index in [9.17, 15) is 4.79 Å². The van der Waals surface area contributed by atoms with Crippen LogP contribution in [0, 0.1) is 5.92 Å². The van der Waals surface area contributed by atoms with Crippen molar-refractivity contribution in [2.24, 2.45) is 11.8 Å². The van der Waals surface area contributed by atoms with Gasteiger partial charge in [0.15, 0.2) is 5.78 Å². The molecule has 0 bridgehead atoms. The van der Waals surface area contributed by atoms with Crippen molar-refractivity contribution in [1.82, 2.24) is 5.43 Å². The van der Waals surface area contributed by atoms with Gasteiger partial charge in [0, 0.05) is 5.56 Å². The van der Waals surface area contributed by atoms with E-state index >= 15 is 0 Å². The molecule has 3 N–H and O–H groups in total. The summed E-state index contributed by atoms with van der Waals surface area (Å²) in [5.74, 6) is 5.57. The lowest BCUT2D eigenvalue weighted by Crippen LogP contribution is -2.45. The minimum atomic E-state index is -0.308. The summed E-state index contributed by atoms with van der Waals surface area (Å²) in [5.41, 5.74) is 3.25. The van der Waals surface area contributed by atoms with Gasteiger partial charge in [0.2, 0.25) is 0 Å². The van der Waals surface area contributed by atoms with E-state index in [-0.39, 0.29) is 17.7 Å². The number of carbonyl (C=O) groups is 1. The molecule has 1 rings (SSSR count). The second-order valence-electron chi connectivity index (χ2n) is 3.62. The summed E-state index contributed by atoms with van der Waals surface area (Å²) < 4.78 is 0. The van der Waals surface area contributed by atoms with Crippen LogP contribution in [0.15, 0.2) is 30.3 Å². The molecule has 0 radical (unpaired) electrons. The highest BCUT2D eigenvalue weighted by Crippen LogP contribution is 2.09. The summed E-state index contributed by atoms with van der Waals surface area (Å²) in [7, 11) is 0. The summed E-state index contributed by atoms with van der Waals surface area (Å²) in [6.07, 6.45) is 0. The van der Waals surface area contributed by atoms with Crippen LogP contribution in [0.3, 0.4) is 0 Å². The number of nitrogens with one attached hydrogen (secondary N) is 1. The Labute approximate surface area is 84.3 Å². The van der Waals surface area contributed by atoms with E-state index in [1.54, 1.807) is 12.1 Å². The summed E-state index contributed by atoms with van der Waals surface area (Å²) in [5, 5.41) is 0. The fourth-order valence-corrected chi connectivity index (χ4v) is 1.35. The zero-order valence-corrected chi connectivity index (χ0v) is 8.53. The van der Waals surface area contributed by atoms with E-state index in [0.29, 0.717) is 5.56 Å². The minimum absolute atomic E-state index is 0.0445. The van der Waals surface area contributed by atoms with Gasteiger partial charge < -0.3 is 0 Å². The summed E-state index contributed by atoms with van der Waals surface area (Å²) in [4.78, 5) is 11.9. The van der Waals surface area contributed by atoms with Crippen LogP contribution in [0.25, 0.3) is 0 Å². The number of hydrogen-bond acceptors (Lipinski definition) is 3. The average Bonchev–Trinajstić information content (AvgIpc) is 2.19. The number of rotatable bonds is 4. The van der Waals surface area contributed by atoms with E-state index < -0.39 is 0 Å². The third-order valence-corrected chi connectivity index (χ3v) is 2.19. The third-order valence-electron chi connectivity index (χ3n) is 2.19. The van der Waals surface area contributed by atoms with Crippen molar-refractivity contribution in [3.8, 4) is 0 Å². The van der Waals surface area contributed by atoms with Crippen molar-refractivity contribution < 1.29 is 4.79 Å². The number of Topliss-reactive ketones (excluding diaryl/α,β-unsaturated/α-hetero) is 1. The Kier molecular flexibility index (Phi) is 3.80. The molecule has 1 aromatic carbocycles. The second kappa shape index (κ2) is 4.88. The van der Waals surface area contributed by atoms with Crippen molar-refractivity contribution in [2.45, 2.75) is 19.9 Å². The number of carbonyl (C=O) groups excluding carboxylic acids is 1. The largest absolute Gasteiger partial charge is 0.292 e. The van der Waals surface area contributed by atoms with Gasteiger partial charge in [0.25, 0.3) is 0 Å². The second-order valence-corrected chi connectivity index (χ2v) is 3.62. The zero-order valence-electron chi connectivity index (χ0n) is 8.53. The Bertz CT molecular complexity index is 295. The standard InChI is InChI=1S/C11H16N2O/c1-8(2)10(13-12)11(14)9-6-4-3-5-7-9/h3-8,10,13H,12H2,1-2H3/t10-/m0/s1. The number of benzene rings is 1. The van der Waals surface area contributed by atoms with Crippen LogP contribution in [0.5, 0.6) is 0 Å². The fraction of sp³-hybridized carbons (Fsp3) is 0.364. The Morgan fingerprint density at radius 3 is 2.29 bits per heavy atom. The van der Waals surface area contributed by atoms with E-state index in [4.69, 9.17) is 5.84 Å². The summed E-state index contributed by atoms with van der Waals surface area (Å²) in [6.45, 7) is 3.93. The Balaban J connectivity index is 2.84. The molecule has 0 unspecified atom stereocenters. The highest BCUT2D eigenvalue weighted by molar-refractivity contribution is 6.00. The molecule has 3 heteroatoms. The molecule has 0 fully saturated rings. The van der Waals surface area contributed by atoms with Gasteiger partial charge in [0.1, 0.15) is 0 Å². The highest BCUT2D eigenvalue weighted by Gasteiger charge is 2.21. The van der Waals surface area contributed by atoms with Crippen molar-refractivity contribution in [3.05, 3.63) is 35.9 Å². The lowest BCUT2D eigenvalue weighted by atomic mass is 9.96. The van der Waals surface area contributed by atoms with E-state index in [1.807, 2.05) is 32.0 Å². The van der Waals surface area contributed by atoms with Gasteiger partial charge in [-0.1, -0.05) is 44.2 Å². The maximum absolute atomic E-state index is 11.9. The monoisotopic (exact) mass is 192 g/mol. The highest BCUT2D eigenvalue weighted by atomic mass is 16.1. The molecule has 0 aliphatic rings. The minimum Gasteiger partial charge on any atom is -0.292 e. The van der Waals surface area contributed by atoms with E-state index in [0.717, 1.165) is 0 Å². The molecule has 0 amide bonds. The number of hydrogen-bond donors (Lipinski definition) is 2. The first kappa shape index (κ1) is 10.9. The van der Waals surface area contributed by atoms with Crippen LogP contribution in [0.2, 0.25) is 0 Å². The topological polar surface area (TPSA) is 55.1 Å². The summed E-state index contributed by atoms with van der Waals surface area (Å²) >= 11 is 0. The van der Waals surface area contributed by atoms with Crippen molar-refractivity contribution >= 4 is 5.78 Å². The van der Waals surface area contributed by atoms with Crippen LogP contribution in [-0.2, 0) is 0 Å². The predicted octanol–water partition coefficient (Wildman–Crippen LogP) is 1.36. The molecule has 14 heavy (non-hydrogen) atoms. The van der Waals surface area contributed by atoms with E-state index in [2.05, 4.69) is 5.43 Å². The summed E-state index contributed by atoms with van der Waals surface area (Å²) in [6, 6.07) is 8.88. The Hall–Kier alpha value is -1.19. The van der Waals surface area contributed by atoms with Crippen LogP contribution >= 0.6 is 0 Å². The Morgan fingerprint density at radius 1 is 1.29 bits per heavy atom. The third kappa shape index (κ3) is 2.40. The fourth-order valence-electron chi connectivity index (χ4n) is 1.35. The quantitative estimate of drug-likeness (QED) is 0.430. The van der Waals surface area contributed by atoms with E-state index in [1.165, 1.54) is 0 Å². The molecule has 0 saturated heterocycles. The molecule has 76 valence electrons. The first-order valence-electron chi connectivity index (χ1n) is 4.72. The zero-order chi connectivity index (χ0) is 10.6. The Morgan fingerprint density at radius 2 is 1.86 bits per heavy atom. The SMILES string of the molecule is CC(C)[C@H](NN)C(=O)c1ccccc1. The number of hydrazine groups is 1. The molecule has 0 heterocycles. The van der Waals surface area contributed by atoms with Crippen LogP contribution in [-0.4, -0.2) is 11.8 Å². The number of ketones is 1. The molecular weight excluding hydrogens is 176 g/mol. The maximum atomic E-state index is 11.9. The van der Waals surface area contributed by atoms with Gasteiger partial charge in [-0.15, -0.1) is 0 Å². The van der Waals surface area contributed by atoms with Gasteiger partial charge in [-0.2, -0.15) is 0 Å². The predicted molar refractivity (Wildman–Crippen MR) is 56.7 cm³/mol. The normalized spacial score (nSPS) is 12.9. The molecule has 1 aromatic rings. The molecular formula is C11H16N2O. The van der Waals surface area contributed by atoms with Gasteiger partial charge >= 0.3 is 0 Å². The molecule has 0 spiro atoms. The average molecular weight is 192 g/mol. The molecule has 0 saturated carbocycles. The van der Waals surface area contributed by atoms with Crippen molar-refractivity contribution in [2.75, 3.05) is 0 Å². The lowest BCUT2D eigenvalue weighted by Gasteiger charge is -2.18. The smallest absolute Gasteiger partial charge is 0.181 e. The maximum Gasteiger partial charge on any atom is 0.181 e. The molecule has 1 atom stereocenters. The number of nitrogens with two attached hydrogens (primary N) is 1. The molecule has 3 nitrogen and oxygen atoms in total. The van der Waals surface area contributed by atoms with Crippen molar-refractivity contribution in [3.63, 3.8) is 0 Å².